The Morgan fingerprint density at radius 3 is 3.00 bits per heavy atom. The average Bonchev–Trinajstić information content (AvgIpc) is 3.13. The molecule has 0 unspecified atom stereocenters. The molecule has 1 aliphatic rings. The summed E-state index contributed by atoms with van der Waals surface area (Å²) in [5.74, 6) is 1.09. The van der Waals surface area contributed by atoms with Crippen molar-refractivity contribution in [2.45, 2.75) is 45.1 Å². The molecule has 0 N–H and O–H groups in total. The maximum absolute atomic E-state index is 14.0. The summed E-state index contributed by atoms with van der Waals surface area (Å²) in [6.07, 6.45) is 4.65. The molecule has 6 heteroatoms. The van der Waals surface area contributed by atoms with Gasteiger partial charge in [-0.1, -0.05) is 17.7 Å². The molecule has 3 rings (SSSR count). The Balaban J connectivity index is 1.55. The highest BCUT2D eigenvalue weighted by Crippen LogP contribution is 2.26. The van der Waals surface area contributed by atoms with Gasteiger partial charge in [-0.3, -0.25) is 0 Å². The first kappa shape index (κ1) is 16.4. The van der Waals surface area contributed by atoms with E-state index in [2.05, 4.69) is 15.1 Å². The Morgan fingerprint density at radius 2 is 2.26 bits per heavy atom. The van der Waals surface area contributed by atoms with Crippen LogP contribution in [0.4, 0.5) is 4.39 Å². The molecule has 1 aliphatic heterocycles. The lowest BCUT2D eigenvalue weighted by atomic mass is 10.0. The molecule has 1 aromatic carbocycles. The number of aryl methyl sites for hydroxylation is 2. The van der Waals surface area contributed by atoms with Crippen molar-refractivity contribution >= 4 is 11.6 Å². The van der Waals surface area contributed by atoms with Crippen molar-refractivity contribution in [2.24, 2.45) is 0 Å². The number of likely N-dealkylation sites (tertiary alicyclic amines) is 1. The molecule has 0 aliphatic carbocycles. The van der Waals surface area contributed by atoms with E-state index in [1.165, 1.54) is 6.07 Å². The molecule has 4 nitrogen and oxygen atoms in total. The smallest absolute Gasteiger partial charge is 0.216 e. The maximum Gasteiger partial charge on any atom is 0.216 e. The molecule has 1 atom stereocenters. The van der Waals surface area contributed by atoms with E-state index in [1.807, 2.05) is 0 Å². The van der Waals surface area contributed by atoms with Crippen LogP contribution in [0.15, 0.2) is 22.6 Å². The van der Waals surface area contributed by atoms with Crippen LogP contribution in [-0.2, 0) is 12.8 Å². The Labute approximate surface area is 140 Å². The molecule has 1 saturated heterocycles. The summed E-state index contributed by atoms with van der Waals surface area (Å²) in [5, 5.41) is 8.38. The van der Waals surface area contributed by atoms with Gasteiger partial charge in [-0.15, -0.1) is 10.2 Å². The van der Waals surface area contributed by atoms with Gasteiger partial charge in [0.05, 0.1) is 0 Å². The van der Waals surface area contributed by atoms with E-state index < -0.39 is 0 Å². The number of halogens is 2. The molecular weight excluding hydrogens is 317 g/mol. The molecule has 0 radical (unpaired) electrons. The van der Waals surface area contributed by atoms with E-state index in [1.54, 1.807) is 19.1 Å². The number of nitrogens with zero attached hydrogens (tertiary/aromatic N) is 3. The van der Waals surface area contributed by atoms with Gasteiger partial charge in [-0.2, -0.15) is 0 Å². The van der Waals surface area contributed by atoms with Gasteiger partial charge in [0.25, 0.3) is 0 Å². The van der Waals surface area contributed by atoms with E-state index in [9.17, 15) is 4.39 Å². The fourth-order valence-corrected chi connectivity index (χ4v) is 3.50. The molecule has 2 aromatic rings. The van der Waals surface area contributed by atoms with E-state index in [0.29, 0.717) is 34.8 Å². The van der Waals surface area contributed by atoms with Crippen LogP contribution in [0.1, 0.15) is 36.6 Å². The highest BCUT2D eigenvalue weighted by Gasteiger charge is 2.26. The van der Waals surface area contributed by atoms with Crippen molar-refractivity contribution in [1.82, 2.24) is 15.1 Å². The zero-order valence-electron chi connectivity index (χ0n) is 13.3. The van der Waals surface area contributed by atoms with E-state index in [0.717, 1.165) is 38.8 Å². The molecule has 23 heavy (non-hydrogen) atoms. The van der Waals surface area contributed by atoms with Crippen LogP contribution in [0, 0.1) is 12.7 Å². The second-order valence-electron chi connectivity index (χ2n) is 6.05. The number of rotatable bonds is 6. The van der Waals surface area contributed by atoms with Gasteiger partial charge >= 0.3 is 0 Å². The van der Waals surface area contributed by atoms with Gasteiger partial charge in [-0.05, 0) is 50.9 Å². The molecule has 2 heterocycles. The van der Waals surface area contributed by atoms with Crippen molar-refractivity contribution in [3.8, 4) is 0 Å². The monoisotopic (exact) mass is 337 g/mol. The highest BCUT2D eigenvalue weighted by molar-refractivity contribution is 6.31. The quantitative estimate of drug-likeness (QED) is 0.803. The second kappa shape index (κ2) is 7.41. The van der Waals surface area contributed by atoms with Crippen molar-refractivity contribution < 1.29 is 8.81 Å². The molecule has 124 valence electrons. The van der Waals surface area contributed by atoms with E-state index >= 15 is 0 Å². The summed E-state index contributed by atoms with van der Waals surface area (Å²) in [6.45, 7) is 3.81. The SMILES string of the molecule is Cc1nnc(CCCN2CCC[C@@H]2Cc2c(F)cccc2Cl)o1. The Morgan fingerprint density at radius 1 is 1.39 bits per heavy atom. The first-order chi connectivity index (χ1) is 11.1. The molecule has 0 spiro atoms. The zero-order valence-corrected chi connectivity index (χ0v) is 14.0. The van der Waals surface area contributed by atoms with Crippen molar-refractivity contribution in [3.05, 3.63) is 46.4 Å². The molecule has 0 bridgehead atoms. The van der Waals surface area contributed by atoms with Crippen LogP contribution in [0.5, 0.6) is 0 Å². The minimum Gasteiger partial charge on any atom is -0.426 e. The zero-order chi connectivity index (χ0) is 16.2. The Kier molecular flexibility index (Phi) is 5.28. The van der Waals surface area contributed by atoms with Crippen LogP contribution in [0.3, 0.4) is 0 Å². The maximum atomic E-state index is 14.0. The van der Waals surface area contributed by atoms with Gasteiger partial charge in [0.15, 0.2) is 0 Å². The summed E-state index contributed by atoms with van der Waals surface area (Å²) < 4.78 is 19.4. The fourth-order valence-electron chi connectivity index (χ4n) is 3.26. The summed E-state index contributed by atoms with van der Waals surface area (Å²) in [4.78, 5) is 2.42. The molecular formula is C17H21ClFN3O. The first-order valence-electron chi connectivity index (χ1n) is 8.09. The largest absolute Gasteiger partial charge is 0.426 e. The van der Waals surface area contributed by atoms with Crippen LogP contribution in [0.2, 0.25) is 5.02 Å². The highest BCUT2D eigenvalue weighted by atomic mass is 35.5. The molecule has 1 fully saturated rings. The van der Waals surface area contributed by atoms with Crippen LogP contribution >= 0.6 is 11.6 Å². The van der Waals surface area contributed by atoms with Gasteiger partial charge in [0, 0.05) is 30.0 Å². The number of hydrogen-bond donors (Lipinski definition) is 0. The van der Waals surface area contributed by atoms with Crippen molar-refractivity contribution in [3.63, 3.8) is 0 Å². The van der Waals surface area contributed by atoms with Gasteiger partial charge < -0.3 is 9.32 Å². The van der Waals surface area contributed by atoms with Crippen LogP contribution in [-0.4, -0.2) is 34.2 Å². The lowest BCUT2D eigenvalue weighted by molar-refractivity contribution is 0.245. The van der Waals surface area contributed by atoms with Crippen molar-refractivity contribution in [1.29, 1.82) is 0 Å². The summed E-state index contributed by atoms with van der Waals surface area (Å²) in [7, 11) is 0. The van der Waals surface area contributed by atoms with E-state index in [-0.39, 0.29) is 5.82 Å². The molecule has 0 amide bonds. The predicted octanol–water partition coefficient (Wildman–Crippen LogP) is 3.81. The van der Waals surface area contributed by atoms with Crippen LogP contribution in [0.25, 0.3) is 0 Å². The summed E-state index contributed by atoms with van der Waals surface area (Å²) >= 11 is 6.16. The van der Waals surface area contributed by atoms with Gasteiger partial charge in [0.1, 0.15) is 5.82 Å². The average molecular weight is 338 g/mol. The third-order valence-corrected chi connectivity index (χ3v) is 4.76. The lowest BCUT2D eigenvalue weighted by Crippen LogP contribution is -2.32. The third-order valence-electron chi connectivity index (χ3n) is 4.40. The lowest BCUT2D eigenvalue weighted by Gasteiger charge is -2.24. The first-order valence-corrected chi connectivity index (χ1v) is 8.47. The third kappa shape index (κ3) is 4.09. The number of benzene rings is 1. The second-order valence-corrected chi connectivity index (χ2v) is 6.46. The van der Waals surface area contributed by atoms with Crippen molar-refractivity contribution in [2.75, 3.05) is 13.1 Å². The molecule has 1 aromatic heterocycles. The summed E-state index contributed by atoms with van der Waals surface area (Å²) in [6, 6.07) is 5.25. The number of aromatic nitrogens is 2. The standard InChI is InChI=1S/C17H21ClFN3O/c1-12-20-21-17(23-12)8-4-10-22-9-3-5-13(22)11-14-15(18)6-2-7-16(14)19/h2,6-7,13H,3-5,8-11H2,1H3/t13-/m1/s1. The predicted molar refractivity (Wildman–Crippen MR) is 87.1 cm³/mol. The Hall–Kier alpha value is -1.46. The molecule has 0 saturated carbocycles. The van der Waals surface area contributed by atoms with Gasteiger partial charge in [0.2, 0.25) is 11.8 Å². The topological polar surface area (TPSA) is 42.2 Å². The normalized spacial score (nSPS) is 18.7. The van der Waals surface area contributed by atoms with E-state index in [4.69, 9.17) is 16.0 Å². The minimum atomic E-state index is -0.203. The van der Waals surface area contributed by atoms with Crippen LogP contribution < -0.4 is 0 Å². The minimum absolute atomic E-state index is 0.203. The fraction of sp³-hybridized carbons (Fsp3) is 0.529. The Bertz CT molecular complexity index is 641. The summed E-state index contributed by atoms with van der Waals surface area (Å²) in [5.41, 5.74) is 0.638. The number of hydrogen-bond acceptors (Lipinski definition) is 4. The van der Waals surface area contributed by atoms with Gasteiger partial charge in [-0.25, -0.2) is 4.39 Å².